The van der Waals surface area contributed by atoms with Crippen LogP contribution in [0.3, 0.4) is 0 Å². The van der Waals surface area contributed by atoms with Gasteiger partial charge >= 0.3 is 0 Å². The van der Waals surface area contributed by atoms with Gasteiger partial charge in [0.15, 0.2) is 0 Å². The summed E-state index contributed by atoms with van der Waals surface area (Å²) in [5.41, 5.74) is 2.86. The van der Waals surface area contributed by atoms with Gasteiger partial charge in [-0.3, -0.25) is 4.79 Å². The van der Waals surface area contributed by atoms with Crippen molar-refractivity contribution in [3.05, 3.63) is 51.9 Å². The fraction of sp³-hybridized carbons (Fsp3) is 0.231. The zero-order valence-corrected chi connectivity index (χ0v) is 9.45. The average molecular weight is 214 g/mol. The van der Waals surface area contributed by atoms with Crippen LogP contribution in [0, 0.1) is 6.92 Å². The van der Waals surface area contributed by atoms with Gasteiger partial charge in [-0.05, 0) is 13.3 Å². The van der Waals surface area contributed by atoms with E-state index in [2.05, 4.69) is 9.97 Å². The molecule has 0 atom stereocenters. The Kier molecular flexibility index (Phi) is 2.86. The van der Waals surface area contributed by atoms with Gasteiger partial charge in [0, 0.05) is 17.3 Å². The molecule has 0 aliphatic rings. The highest BCUT2D eigenvalue weighted by Crippen LogP contribution is 2.14. The Hall–Kier alpha value is -1.90. The average Bonchev–Trinajstić information content (AvgIpc) is 2.29. The van der Waals surface area contributed by atoms with Crippen LogP contribution in [-0.4, -0.2) is 9.97 Å². The van der Waals surface area contributed by atoms with Gasteiger partial charge in [-0.2, -0.15) is 0 Å². The molecule has 0 saturated carbocycles. The molecule has 2 aromatic rings. The molecule has 1 aromatic carbocycles. The third-order valence-corrected chi connectivity index (χ3v) is 2.48. The zero-order valence-electron chi connectivity index (χ0n) is 9.45. The molecule has 1 heterocycles. The number of nitrogens with one attached hydrogen (secondary N) is 1. The molecule has 16 heavy (non-hydrogen) atoms. The van der Waals surface area contributed by atoms with Crippen molar-refractivity contribution in [3.63, 3.8) is 0 Å². The van der Waals surface area contributed by atoms with Crippen molar-refractivity contribution in [2.24, 2.45) is 0 Å². The first kappa shape index (κ1) is 10.6. The second-order valence-electron chi connectivity index (χ2n) is 3.80. The van der Waals surface area contributed by atoms with E-state index in [1.54, 1.807) is 0 Å². The summed E-state index contributed by atoms with van der Waals surface area (Å²) in [6.45, 7) is 4.02. The maximum absolute atomic E-state index is 11.4. The first-order valence-electron chi connectivity index (χ1n) is 5.36. The summed E-state index contributed by atoms with van der Waals surface area (Å²) < 4.78 is 0. The lowest BCUT2D eigenvalue weighted by molar-refractivity contribution is 0.987. The SMILES string of the molecule is CCc1cc(=O)[nH]c(-c2ccc(C)cc2)n1. The van der Waals surface area contributed by atoms with Gasteiger partial charge in [-0.15, -0.1) is 0 Å². The van der Waals surface area contributed by atoms with Crippen molar-refractivity contribution in [3.8, 4) is 11.4 Å². The number of nitrogens with zero attached hydrogens (tertiary/aromatic N) is 1. The highest BCUT2D eigenvalue weighted by molar-refractivity contribution is 5.55. The molecule has 0 fully saturated rings. The summed E-state index contributed by atoms with van der Waals surface area (Å²) in [6, 6.07) is 9.49. The first-order chi connectivity index (χ1) is 7.69. The van der Waals surface area contributed by atoms with Crippen LogP contribution >= 0.6 is 0 Å². The number of H-pyrrole nitrogens is 1. The Labute approximate surface area is 94.2 Å². The third kappa shape index (κ3) is 2.19. The number of benzene rings is 1. The van der Waals surface area contributed by atoms with E-state index in [0.717, 1.165) is 17.7 Å². The van der Waals surface area contributed by atoms with Crippen LogP contribution in [0.5, 0.6) is 0 Å². The summed E-state index contributed by atoms with van der Waals surface area (Å²) in [5.74, 6) is 0.643. The monoisotopic (exact) mass is 214 g/mol. The molecule has 0 bridgehead atoms. The van der Waals surface area contributed by atoms with Gasteiger partial charge in [0.25, 0.3) is 5.56 Å². The van der Waals surface area contributed by atoms with Crippen molar-refractivity contribution in [1.29, 1.82) is 0 Å². The molecular weight excluding hydrogens is 200 g/mol. The largest absolute Gasteiger partial charge is 0.307 e. The normalized spacial score (nSPS) is 10.4. The van der Waals surface area contributed by atoms with Crippen LogP contribution < -0.4 is 5.56 Å². The van der Waals surface area contributed by atoms with Crippen molar-refractivity contribution >= 4 is 0 Å². The molecular formula is C13H14N2O. The van der Waals surface area contributed by atoms with Crippen LogP contribution in [0.4, 0.5) is 0 Å². The lowest BCUT2D eigenvalue weighted by Crippen LogP contribution is -2.09. The van der Waals surface area contributed by atoms with E-state index in [0.29, 0.717) is 5.82 Å². The Bertz CT molecular complexity index is 541. The van der Waals surface area contributed by atoms with Gasteiger partial charge in [0.05, 0.1) is 0 Å². The van der Waals surface area contributed by atoms with E-state index in [1.807, 2.05) is 38.1 Å². The molecule has 3 nitrogen and oxygen atoms in total. The Balaban J connectivity index is 2.51. The maximum Gasteiger partial charge on any atom is 0.251 e. The highest BCUT2D eigenvalue weighted by atomic mass is 16.1. The molecule has 0 aliphatic carbocycles. The van der Waals surface area contributed by atoms with Gasteiger partial charge in [0.2, 0.25) is 0 Å². The lowest BCUT2D eigenvalue weighted by Gasteiger charge is -2.03. The van der Waals surface area contributed by atoms with Crippen LogP contribution in [0.15, 0.2) is 35.1 Å². The number of hydrogen-bond acceptors (Lipinski definition) is 2. The van der Waals surface area contributed by atoms with Crippen LogP contribution in [0.1, 0.15) is 18.2 Å². The van der Waals surface area contributed by atoms with Crippen LogP contribution in [-0.2, 0) is 6.42 Å². The molecule has 1 aromatic heterocycles. The standard InChI is InChI=1S/C13H14N2O/c1-3-11-8-12(16)15-13(14-11)10-6-4-9(2)5-7-10/h4-8H,3H2,1-2H3,(H,14,15,16). The number of hydrogen-bond donors (Lipinski definition) is 1. The van der Waals surface area contributed by atoms with E-state index in [1.165, 1.54) is 11.6 Å². The van der Waals surface area contributed by atoms with Crippen molar-refractivity contribution in [1.82, 2.24) is 9.97 Å². The minimum absolute atomic E-state index is 0.0950. The summed E-state index contributed by atoms with van der Waals surface area (Å²) >= 11 is 0. The summed E-state index contributed by atoms with van der Waals surface area (Å²) in [6.07, 6.45) is 0.767. The highest BCUT2D eigenvalue weighted by Gasteiger charge is 2.02. The molecule has 0 saturated heterocycles. The Morgan fingerprint density at radius 1 is 1.25 bits per heavy atom. The van der Waals surface area contributed by atoms with Gasteiger partial charge in [-0.1, -0.05) is 36.8 Å². The third-order valence-electron chi connectivity index (χ3n) is 2.48. The second-order valence-corrected chi connectivity index (χ2v) is 3.80. The van der Waals surface area contributed by atoms with E-state index in [9.17, 15) is 4.79 Å². The number of aryl methyl sites for hydroxylation is 2. The molecule has 1 N–H and O–H groups in total. The summed E-state index contributed by atoms with van der Waals surface area (Å²) in [5, 5.41) is 0. The Morgan fingerprint density at radius 2 is 1.94 bits per heavy atom. The van der Waals surface area contributed by atoms with Crippen LogP contribution in [0.2, 0.25) is 0 Å². The number of aromatic nitrogens is 2. The van der Waals surface area contributed by atoms with Gasteiger partial charge in [-0.25, -0.2) is 4.98 Å². The number of rotatable bonds is 2. The molecule has 0 aliphatic heterocycles. The molecule has 0 unspecified atom stereocenters. The molecule has 0 radical (unpaired) electrons. The topological polar surface area (TPSA) is 45.8 Å². The summed E-state index contributed by atoms with van der Waals surface area (Å²) in [4.78, 5) is 18.6. The van der Waals surface area contributed by atoms with Crippen LogP contribution in [0.25, 0.3) is 11.4 Å². The van der Waals surface area contributed by atoms with Crippen molar-refractivity contribution in [2.45, 2.75) is 20.3 Å². The Morgan fingerprint density at radius 3 is 2.56 bits per heavy atom. The van der Waals surface area contributed by atoms with E-state index in [4.69, 9.17) is 0 Å². The fourth-order valence-corrected chi connectivity index (χ4v) is 1.54. The molecule has 0 amide bonds. The van der Waals surface area contributed by atoms with E-state index < -0.39 is 0 Å². The van der Waals surface area contributed by atoms with E-state index >= 15 is 0 Å². The minimum atomic E-state index is -0.0950. The van der Waals surface area contributed by atoms with Gasteiger partial charge < -0.3 is 4.98 Å². The zero-order chi connectivity index (χ0) is 11.5. The molecule has 2 rings (SSSR count). The first-order valence-corrected chi connectivity index (χ1v) is 5.36. The summed E-state index contributed by atoms with van der Waals surface area (Å²) in [7, 11) is 0. The van der Waals surface area contributed by atoms with E-state index in [-0.39, 0.29) is 5.56 Å². The molecule has 3 heteroatoms. The smallest absolute Gasteiger partial charge is 0.251 e. The lowest BCUT2D eigenvalue weighted by atomic mass is 10.1. The van der Waals surface area contributed by atoms with Gasteiger partial charge in [0.1, 0.15) is 5.82 Å². The fourth-order valence-electron chi connectivity index (χ4n) is 1.54. The predicted octanol–water partition coefficient (Wildman–Crippen LogP) is 2.31. The number of aromatic amines is 1. The molecule has 0 spiro atoms. The maximum atomic E-state index is 11.4. The van der Waals surface area contributed by atoms with Crippen molar-refractivity contribution in [2.75, 3.05) is 0 Å². The second kappa shape index (κ2) is 4.31. The predicted molar refractivity (Wildman–Crippen MR) is 64.4 cm³/mol. The molecule has 82 valence electrons. The van der Waals surface area contributed by atoms with Crippen molar-refractivity contribution < 1.29 is 0 Å². The minimum Gasteiger partial charge on any atom is -0.307 e. The quantitative estimate of drug-likeness (QED) is 0.833.